The number of aromatic nitrogens is 1. The molecule has 2 aliphatic rings. The van der Waals surface area contributed by atoms with Crippen molar-refractivity contribution in [3.63, 3.8) is 0 Å². The van der Waals surface area contributed by atoms with E-state index in [1.165, 1.54) is 14.6 Å². The van der Waals surface area contributed by atoms with Crippen LogP contribution in [0.2, 0.25) is 0 Å². The first-order chi connectivity index (χ1) is 15.6. The molecule has 0 unspecified atom stereocenters. The first-order valence-corrected chi connectivity index (χ1v) is 12.1. The Bertz CT molecular complexity index is 1090. The summed E-state index contributed by atoms with van der Waals surface area (Å²) in [4.78, 5) is 34.2. The van der Waals surface area contributed by atoms with E-state index in [0.29, 0.717) is 18.2 Å². The lowest BCUT2D eigenvalue weighted by Crippen LogP contribution is -2.45. The molecule has 0 spiro atoms. The van der Waals surface area contributed by atoms with Crippen LogP contribution in [-0.2, 0) is 9.59 Å². The van der Waals surface area contributed by atoms with Gasteiger partial charge in [-0.05, 0) is 68.8 Å². The van der Waals surface area contributed by atoms with Gasteiger partial charge in [0.05, 0.1) is 40.0 Å². The third-order valence-corrected chi connectivity index (χ3v) is 7.52. The molecule has 0 saturated carbocycles. The fraction of sp³-hybridized carbons (Fsp3) is 0.400. The molecule has 0 bridgehead atoms. The molecule has 1 aromatic heterocycles. The summed E-state index contributed by atoms with van der Waals surface area (Å²) in [6.45, 7) is 4.32. The maximum absolute atomic E-state index is 13.2. The van der Waals surface area contributed by atoms with E-state index in [1.807, 2.05) is 24.3 Å². The Morgan fingerprint density at radius 1 is 1.06 bits per heavy atom. The molecular weight excluding hydrogens is 422 g/mol. The maximum Gasteiger partial charge on any atom is 0.251 e. The van der Waals surface area contributed by atoms with Gasteiger partial charge in [-0.15, -0.1) is 11.3 Å². The molecule has 5 rings (SSSR count). The van der Waals surface area contributed by atoms with Crippen molar-refractivity contribution in [2.24, 2.45) is 0 Å². The van der Waals surface area contributed by atoms with Crippen molar-refractivity contribution in [1.82, 2.24) is 9.88 Å². The van der Waals surface area contributed by atoms with E-state index < -0.39 is 0 Å². The molecule has 2 fully saturated rings. The van der Waals surface area contributed by atoms with Gasteiger partial charge in [-0.2, -0.15) is 0 Å². The number of anilines is 1. The third-order valence-electron chi connectivity index (χ3n) is 6.32. The summed E-state index contributed by atoms with van der Waals surface area (Å²) in [6.07, 6.45) is 3.10. The number of piperidine rings is 1. The quantitative estimate of drug-likeness (QED) is 0.515. The van der Waals surface area contributed by atoms with E-state index >= 15 is 0 Å². The summed E-state index contributed by atoms with van der Waals surface area (Å²) in [7, 11) is 0. The van der Waals surface area contributed by atoms with Crippen molar-refractivity contribution in [3.8, 4) is 5.75 Å². The van der Waals surface area contributed by atoms with Crippen molar-refractivity contribution in [3.05, 3.63) is 53.5 Å². The lowest BCUT2D eigenvalue weighted by molar-refractivity contribution is -0.123. The van der Waals surface area contributed by atoms with Crippen LogP contribution in [0.15, 0.2) is 48.5 Å². The third kappa shape index (κ3) is 4.02. The van der Waals surface area contributed by atoms with Crippen LogP contribution in [0.1, 0.15) is 43.5 Å². The summed E-state index contributed by atoms with van der Waals surface area (Å²) >= 11 is 1.77. The highest BCUT2D eigenvalue weighted by atomic mass is 32.1. The number of ether oxygens (including phenoxy) is 1. The van der Waals surface area contributed by atoms with E-state index in [1.54, 1.807) is 23.5 Å². The van der Waals surface area contributed by atoms with Crippen molar-refractivity contribution >= 4 is 39.1 Å². The monoisotopic (exact) mass is 449 g/mol. The van der Waals surface area contributed by atoms with Crippen LogP contribution in [0.5, 0.6) is 5.75 Å². The second-order valence-electron chi connectivity index (χ2n) is 8.46. The number of carbonyl (C=O) groups is 2. The number of nitrogens with zero attached hydrogens (tertiary/aromatic N) is 3. The SMILES string of the molecule is CCCOc1ccc(N2C(=O)C[C@@H](N3CCC(c4nc5ccccc5s4)CC3)C2=O)cc1. The molecule has 2 saturated heterocycles. The molecule has 0 radical (unpaired) electrons. The first kappa shape index (κ1) is 21.1. The molecule has 32 heavy (non-hydrogen) atoms. The van der Waals surface area contributed by atoms with Gasteiger partial charge >= 0.3 is 0 Å². The van der Waals surface area contributed by atoms with Crippen LogP contribution < -0.4 is 9.64 Å². The van der Waals surface area contributed by atoms with Gasteiger partial charge < -0.3 is 4.74 Å². The molecule has 2 amide bonds. The maximum atomic E-state index is 13.2. The Kier molecular flexibility index (Phi) is 5.93. The second kappa shape index (κ2) is 9.00. The molecule has 0 aliphatic carbocycles. The fourth-order valence-corrected chi connectivity index (χ4v) is 5.74. The van der Waals surface area contributed by atoms with Crippen LogP contribution >= 0.6 is 11.3 Å². The zero-order valence-electron chi connectivity index (χ0n) is 18.2. The zero-order valence-corrected chi connectivity index (χ0v) is 19.0. The van der Waals surface area contributed by atoms with Gasteiger partial charge in [0.25, 0.3) is 5.91 Å². The number of hydrogen-bond donors (Lipinski definition) is 0. The number of rotatable bonds is 6. The van der Waals surface area contributed by atoms with Crippen LogP contribution in [0.3, 0.4) is 0 Å². The van der Waals surface area contributed by atoms with Gasteiger partial charge in [0.15, 0.2) is 0 Å². The number of para-hydroxylation sites is 1. The van der Waals surface area contributed by atoms with Gasteiger partial charge in [0, 0.05) is 5.92 Å². The van der Waals surface area contributed by atoms with Crippen LogP contribution in [0.4, 0.5) is 5.69 Å². The van der Waals surface area contributed by atoms with Crippen molar-refractivity contribution in [1.29, 1.82) is 0 Å². The highest BCUT2D eigenvalue weighted by Crippen LogP contribution is 2.36. The van der Waals surface area contributed by atoms with Crippen LogP contribution in [-0.4, -0.2) is 47.4 Å². The average molecular weight is 450 g/mol. The molecule has 166 valence electrons. The van der Waals surface area contributed by atoms with Gasteiger partial charge in [-0.3, -0.25) is 14.5 Å². The Balaban J connectivity index is 1.23. The molecule has 6 nitrogen and oxygen atoms in total. The number of fused-ring (bicyclic) bond motifs is 1. The summed E-state index contributed by atoms with van der Waals surface area (Å²) in [5.74, 6) is 0.928. The molecule has 0 N–H and O–H groups in total. The standard InChI is InChI=1S/C25H27N3O3S/c1-2-15-31-19-9-7-18(8-10-19)28-23(29)16-21(25(28)30)27-13-11-17(12-14-27)24-26-20-5-3-4-6-22(20)32-24/h3-10,17,21H,2,11-16H2,1H3/t21-/m1/s1. The highest BCUT2D eigenvalue weighted by molar-refractivity contribution is 7.18. The molecule has 2 aliphatic heterocycles. The number of thiazole rings is 1. The largest absolute Gasteiger partial charge is 0.494 e. The number of imide groups is 1. The molecule has 1 atom stereocenters. The zero-order chi connectivity index (χ0) is 22.1. The number of hydrogen-bond acceptors (Lipinski definition) is 6. The van der Waals surface area contributed by atoms with Gasteiger partial charge in [-0.1, -0.05) is 19.1 Å². The molecular formula is C25H27N3O3S. The normalized spacial score (nSPS) is 20.4. The van der Waals surface area contributed by atoms with Gasteiger partial charge in [0.2, 0.25) is 5.91 Å². The Morgan fingerprint density at radius 3 is 2.53 bits per heavy atom. The van der Waals surface area contributed by atoms with E-state index in [9.17, 15) is 9.59 Å². The predicted molar refractivity (Wildman–Crippen MR) is 126 cm³/mol. The summed E-state index contributed by atoms with van der Waals surface area (Å²) in [5.41, 5.74) is 1.68. The van der Waals surface area contributed by atoms with Gasteiger partial charge in [-0.25, -0.2) is 9.88 Å². The Hall–Kier alpha value is -2.77. The van der Waals surface area contributed by atoms with Crippen molar-refractivity contribution < 1.29 is 14.3 Å². The van der Waals surface area contributed by atoms with E-state index in [4.69, 9.17) is 9.72 Å². The summed E-state index contributed by atoms with van der Waals surface area (Å²) in [6, 6.07) is 15.1. The molecule has 3 heterocycles. The Morgan fingerprint density at radius 2 is 1.81 bits per heavy atom. The lowest BCUT2D eigenvalue weighted by Gasteiger charge is -2.34. The van der Waals surface area contributed by atoms with E-state index in [-0.39, 0.29) is 24.3 Å². The van der Waals surface area contributed by atoms with Gasteiger partial charge in [0.1, 0.15) is 5.75 Å². The van der Waals surface area contributed by atoms with Crippen molar-refractivity contribution in [2.75, 3.05) is 24.6 Å². The minimum atomic E-state index is -0.366. The first-order valence-electron chi connectivity index (χ1n) is 11.3. The summed E-state index contributed by atoms with van der Waals surface area (Å²) < 4.78 is 6.83. The predicted octanol–water partition coefficient (Wildman–Crippen LogP) is 4.60. The van der Waals surface area contributed by atoms with E-state index in [0.717, 1.165) is 43.6 Å². The molecule has 3 aromatic rings. The summed E-state index contributed by atoms with van der Waals surface area (Å²) in [5, 5.41) is 1.19. The minimum Gasteiger partial charge on any atom is -0.494 e. The minimum absolute atomic E-state index is 0.115. The smallest absolute Gasteiger partial charge is 0.251 e. The number of amides is 2. The average Bonchev–Trinajstić information content (AvgIpc) is 3.39. The van der Waals surface area contributed by atoms with Crippen LogP contribution in [0, 0.1) is 0 Å². The highest BCUT2D eigenvalue weighted by Gasteiger charge is 2.43. The lowest BCUT2D eigenvalue weighted by atomic mass is 9.96. The second-order valence-corrected chi connectivity index (χ2v) is 9.52. The van der Waals surface area contributed by atoms with Crippen molar-refractivity contribution in [2.45, 2.75) is 44.6 Å². The number of benzene rings is 2. The fourth-order valence-electron chi connectivity index (χ4n) is 4.61. The molecule has 2 aromatic carbocycles. The van der Waals surface area contributed by atoms with Crippen LogP contribution in [0.25, 0.3) is 10.2 Å². The topological polar surface area (TPSA) is 62.7 Å². The number of likely N-dealkylation sites (tertiary alicyclic amines) is 1. The molecule has 7 heteroatoms. The Labute approximate surface area is 191 Å². The van der Waals surface area contributed by atoms with E-state index in [2.05, 4.69) is 24.0 Å². The number of carbonyl (C=O) groups excluding carboxylic acids is 2.